The van der Waals surface area contributed by atoms with Crippen molar-refractivity contribution in [1.82, 2.24) is 14.5 Å². The van der Waals surface area contributed by atoms with Crippen LogP contribution in [0.4, 0.5) is 0 Å². The summed E-state index contributed by atoms with van der Waals surface area (Å²) < 4.78 is 2.19. The highest BCUT2D eigenvalue weighted by Crippen LogP contribution is 2.22. The molecule has 1 heterocycles. The molecule has 0 bridgehead atoms. The van der Waals surface area contributed by atoms with Crippen LogP contribution in [-0.4, -0.2) is 35.1 Å². The van der Waals surface area contributed by atoms with Crippen LogP contribution in [0.25, 0.3) is 0 Å². The van der Waals surface area contributed by atoms with Gasteiger partial charge in [0.1, 0.15) is 0 Å². The first kappa shape index (κ1) is 14.2. The van der Waals surface area contributed by atoms with E-state index in [0.717, 1.165) is 25.2 Å². The number of nitrogens with two attached hydrogens (primary N) is 1. The van der Waals surface area contributed by atoms with Crippen LogP contribution < -0.4 is 5.73 Å². The zero-order valence-electron chi connectivity index (χ0n) is 11.8. The molecule has 1 rings (SSSR count). The van der Waals surface area contributed by atoms with Crippen LogP contribution in [0.3, 0.4) is 0 Å². The highest BCUT2D eigenvalue weighted by atomic mass is 15.1. The fraction of sp³-hybridized carbons (Fsp3) is 0.769. The van der Waals surface area contributed by atoms with E-state index < -0.39 is 0 Å². The molecule has 0 aliphatic rings. The first-order valence-electron chi connectivity index (χ1n) is 6.26. The highest BCUT2D eigenvalue weighted by molar-refractivity contribution is 5.04. The van der Waals surface area contributed by atoms with Gasteiger partial charge >= 0.3 is 0 Å². The maximum atomic E-state index is 6.09. The SMILES string of the molecule is CC[C@@H](N)c1cncn1CC(C)(C)CN(C)C. The number of aromatic nitrogens is 2. The Morgan fingerprint density at radius 2 is 2.12 bits per heavy atom. The Bertz CT molecular complexity index is 341. The Morgan fingerprint density at radius 1 is 1.47 bits per heavy atom. The monoisotopic (exact) mass is 238 g/mol. The minimum Gasteiger partial charge on any atom is -0.333 e. The Hall–Kier alpha value is -0.870. The van der Waals surface area contributed by atoms with Crippen LogP contribution in [-0.2, 0) is 6.54 Å². The van der Waals surface area contributed by atoms with Crippen LogP contribution in [0.15, 0.2) is 12.5 Å². The summed E-state index contributed by atoms with van der Waals surface area (Å²) in [6, 6.07) is 0.0904. The Labute approximate surface area is 105 Å². The summed E-state index contributed by atoms with van der Waals surface area (Å²) in [5.41, 5.74) is 7.44. The largest absolute Gasteiger partial charge is 0.333 e. The molecule has 0 aromatic carbocycles. The third kappa shape index (κ3) is 4.13. The molecular formula is C13H26N4. The number of nitrogens with zero attached hydrogens (tertiary/aromatic N) is 3. The molecule has 17 heavy (non-hydrogen) atoms. The van der Waals surface area contributed by atoms with Crippen molar-refractivity contribution in [3.8, 4) is 0 Å². The lowest BCUT2D eigenvalue weighted by Crippen LogP contribution is -2.33. The van der Waals surface area contributed by atoms with Gasteiger partial charge in [-0.25, -0.2) is 4.98 Å². The van der Waals surface area contributed by atoms with Gasteiger partial charge < -0.3 is 15.2 Å². The Balaban J connectivity index is 2.77. The van der Waals surface area contributed by atoms with Crippen molar-refractivity contribution in [1.29, 1.82) is 0 Å². The van der Waals surface area contributed by atoms with Crippen LogP contribution in [0.2, 0.25) is 0 Å². The minimum absolute atomic E-state index is 0.0904. The van der Waals surface area contributed by atoms with Gasteiger partial charge in [0.25, 0.3) is 0 Å². The summed E-state index contributed by atoms with van der Waals surface area (Å²) >= 11 is 0. The Morgan fingerprint density at radius 3 is 2.65 bits per heavy atom. The Kier molecular flexibility index (Phi) is 4.71. The van der Waals surface area contributed by atoms with Crippen molar-refractivity contribution in [2.75, 3.05) is 20.6 Å². The van der Waals surface area contributed by atoms with E-state index >= 15 is 0 Å². The number of rotatable bonds is 6. The molecule has 0 amide bonds. The van der Waals surface area contributed by atoms with Gasteiger partial charge in [0.05, 0.1) is 12.0 Å². The fourth-order valence-corrected chi connectivity index (χ4v) is 2.35. The van der Waals surface area contributed by atoms with Crippen LogP contribution >= 0.6 is 0 Å². The molecule has 1 aromatic heterocycles. The predicted molar refractivity (Wildman–Crippen MR) is 71.8 cm³/mol. The van der Waals surface area contributed by atoms with Crippen molar-refractivity contribution in [3.05, 3.63) is 18.2 Å². The van der Waals surface area contributed by atoms with E-state index in [9.17, 15) is 0 Å². The van der Waals surface area contributed by atoms with Crippen molar-refractivity contribution in [3.63, 3.8) is 0 Å². The lowest BCUT2D eigenvalue weighted by Gasteiger charge is -2.29. The molecule has 4 nitrogen and oxygen atoms in total. The molecule has 1 atom stereocenters. The molecule has 0 fully saturated rings. The quantitative estimate of drug-likeness (QED) is 0.823. The van der Waals surface area contributed by atoms with E-state index in [2.05, 4.69) is 49.3 Å². The third-order valence-corrected chi connectivity index (χ3v) is 2.91. The summed E-state index contributed by atoms with van der Waals surface area (Å²) in [6.45, 7) is 8.65. The third-order valence-electron chi connectivity index (χ3n) is 2.91. The van der Waals surface area contributed by atoms with E-state index in [1.165, 1.54) is 0 Å². The van der Waals surface area contributed by atoms with E-state index in [1.807, 2.05) is 12.5 Å². The maximum Gasteiger partial charge on any atom is 0.0948 e. The van der Waals surface area contributed by atoms with Crippen LogP contribution in [0.1, 0.15) is 38.9 Å². The molecule has 2 N–H and O–H groups in total. The topological polar surface area (TPSA) is 47.1 Å². The standard InChI is InChI=1S/C13H26N4/c1-6-11(14)12-7-15-10-17(12)9-13(2,3)8-16(4)5/h7,10-11H,6,8-9,14H2,1-5H3/t11-/m1/s1. The van der Waals surface area contributed by atoms with Crippen LogP contribution in [0.5, 0.6) is 0 Å². The van der Waals surface area contributed by atoms with E-state index in [0.29, 0.717) is 0 Å². The van der Waals surface area contributed by atoms with Gasteiger partial charge in [0.15, 0.2) is 0 Å². The molecule has 0 radical (unpaired) electrons. The van der Waals surface area contributed by atoms with E-state index in [4.69, 9.17) is 5.73 Å². The van der Waals surface area contributed by atoms with Gasteiger partial charge in [0.2, 0.25) is 0 Å². The molecule has 0 aliphatic carbocycles. The molecular weight excluding hydrogens is 212 g/mol. The molecule has 0 aliphatic heterocycles. The number of hydrogen-bond donors (Lipinski definition) is 1. The maximum absolute atomic E-state index is 6.09. The van der Waals surface area contributed by atoms with Crippen LogP contribution in [0, 0.1) is 5.41 Å². The van der Waals surface area contributed by atoms with E-state index in [-0.39, 0.29) is 11.5 Å². The second kappa shape index (κ2) is 5.65. The predicted octanol–water partition coefficient (Wildman–Crippen LogP) is 1.88. The first-order chi connectivity index (χ1) is 7.85. The zero-order valence-corrected chi connectivity index (χ0v) is 11.8. The number of imidazole rings is 1. The fourth-order valence-electron chi connectivity index (χ4n) is 2.35. The minimum atomic E-state index is 0.0904. The molecule has 0 unspecified atom stereocenters. The highest BCUT2D eigenvalue weighted by Gasteiger charge is 2.21. The first-order valence-corrected chi connectivity index (χ1v) is 6.26. The van der Waals surface area contributed by atoms with Gasteiger partial charge in [0, 0.05) is 25.3 Å². The van der Waals surface area contributed by atoms with Crippen molar-refractivity contribution in [2.45, 2.75) is 39.8 Å². The second-order valence-electron chi connectivity index (χ2n) is 5.86. The van der Waals surface area contributed by atoms with Crippen molar-refractivity contribution >= 4 is 0 Å². The summed E-state index contributed by atoms with van der Waals surface area (Å²) in [6.07, 6.45) is 4.72. The normalized spacial score (nSPS) is 14.3. The van der Waals surface area contributed by atoms with Crippen molar-refractivity contribution in [2.24, 2.45) is 11.1 Å². The molecule has 98 valence electrons. The molecule has 4 heteroatoms. The lowest BCUT2D eigenvalue weighted by molar-refractivity contribution is 0.208. The van der Waals surface area contributed by atoms with Crippen molar-refractivity contribution < 1.29 is 0 Å². The average molecular weight is 238 g/mol. The van der Waals surface area contributed by atoms with Gasteiger partial charge in [-0.15, -0.1) is 0 Å². The van der Waals surface area contributed by atoms with Gasteiger partial charge in [-0.05, 0) is 25.9 Å². The molecule has 0 saturated carbocycles. The van der Waals surface area contributed by atoms with Gasteiger partial charge in [-0.3, -0.25) is 0 Å². The van der Waals surface area contributed by atoms with E-state index in [1.54, 1.807) is 0 Å². The molecule has 0 spiro atoms. The summed E-state index contributed by atoms with van der Waals surface area (Å²) in [5.74, 6) is 0. The second-order valence-corrected chi connectivity index (χ2v) is 5.86. The molecule has 1 aromatic rings. The molecule has 0 saturated heterocycles. The van der Waals surface area contributed by atoms with Gasteiger partial charge in [-0.1, -0.05) is 20.8 Å². The summed E-state index contributed by atoms with van der Waals surface area (Å²) in [4.78, 5) is 6.44. The smallest absolute Gasteiger partial charge is 0.0948 e. The average Bonchev–Trinajstić information content (AvgIpc) is 2.61. The lowest BCUT2D eigenvalue weighted by atomic mass is 9.92. The zero-order chi connectivity index (χ0) is 13.1. The number of hydrogen-bond acceptors (Lipinski definition) is 3. The summed E-state index contributed by atoms with van der Waals surface area (Å²) in [5, 5.41) is 0. The van der Waals surface area contributed by atoms with Gasteiger partial charge in [-0.2, -0.15) is 0 Å². The summed E-state index contributed by atoms with van der Waals surface area (Å²) in [7, 11) is 4.21.